The first-order valence-corrected chi connectivity index (χ1v) is 7.85. The van der Waals surface area contributed by atoms with Gasteiger partial charge < -0.3 is 5.32 Å². The zero-order chi connectivity index (χ0) is 14.5. The molecule has 0 aromatic heterocycles. The molecule has 1 aliphatic heterocycles. The molecule has 1 heterocycles. The third-order valence-corrected chi connectivity index (χ3v) is 4.24. The van der Waals surface area contributed by atoms with Crippen LogP contribution in [0.15, 0.2) is 18.2 Å². The van der Waals surface area contributed by atoms with Gasteiger partial charge in [-0.05, 0) is 36.5 Å². The van der Waals surface area contributed by atoms with E-state index in [9.17, 15) is 4.39 Å². The SMILES string of the molecule is CC(C)CC[C@H](c1ccc(Cl)c(F)c1)N1CCNCC1.Cl.Cl. The van der Waals surface area contributed by atoms with Gasteiger partial charge in [-0.25, -0.2) is 4.39 Å². The lowest BCUT2D eigenvalue weighted by Crippen LogP contribution is -2.45. The van der Waals surface area contributed by atoms with Crippen molar-refractivity contribution < 1.29 is 4.39 Å². The van der Waals surface area contributed by atoms with Gasteiger partial charge in [0, 0.05) is 32.2 Å². The van der Waals surface area contributed by atoms with Gasteiger partial charge in [0.05, 0.1) is 5.02 Å². The molecule has 0 saturated carbocycles. The molecule has 2 nitrogen and oxygen atoms in total. The third-order valence-electron chi connectivity index (χ3n) is 3.94. The van der Waals surface area contributed by atoms with Gasteiger partial charge in [-0.2, -0.15) is 0 Å². The molecule has 2 rings (SSSR count). The topological polar surface area (TPSA) is 15.3 Å². The zero-order valence-electron chi connectivity index (χ0n) is 13.1. The standard InChI is InChI=1S/C16H24ClFN2.2ClH/c1-12(2)3-6-16(20-9-7-19-8-10-20)13-4-5-14(17)15(18)11-13;;/h4-5,11-12,16,19H,3,6-10H2,1-2H3;2*1H/t16-;;/m1../s1. The van der Waals surface area contributed by atoms with Crippen LogP contribution in [0.5, 0.6) is 0 Å². The summed E-state index contributed by atoms with van der Waals surface area (Å²) in [4.78, 5) is 2.46. The van der Waals surface area contributed by atoms with E-state index in [1.54, 1.807) is 12.1 Å². The molecule has 0 unspecified atom stereocenters. The van der Waals surface area contributed by atoms with Crippen LogP contribution in [0.1, 0.15) is 38.3 Å². The summed E-state index contributed by atoms with van der Waals surface area (Å²) < 4.78 is 13.7. The molecule has 1 N–H and O–H groups in total. The molecule has 22 heavy (non-hydrogen) atoms. The maximum Gasteiger partial charge on any atom is 0.142 e. The summed E-state index contributed by atoms with van der Waals surface area (Å²) in [6, 6.07) is 5.55. The lowest BCUT2D eigenvalue weighted by Gasteiger charge is -2.35. The summed E-state index contributed by atoms with van der Waals surface area (Å²) in [6.45, 7) is 8.52. The number of halogens is 4. The van der Waals surface area contributed by atoms with Crippen molar-refractivity contribution in [2.75, 3.05) is 26.2 Å². The predicted octanol–water partition coefficient (Wildman–Crippen LogP) is 4.71. The normalized spacial score (nSPS) is 16.8. The second kappa shape index (κ2) is 10.7. The Morgan fingerprint density at radius 2 is 1.82 bits per heavy atom. The largest absolute Gasteiger partial charge is 0.314 e. The summed E-state index contributed by atoms with van der Waals surface area (Å²) in [7, 11) is 0. The number of nitrogens with one attached hydrogen (secondary N) is 1. The number of hydrogen-bond acceptors (Lipinski definition) is 2. The Balaban J connectivity index is 0.00000220. The van der Waals surface area contributed by atoms with E-state index in [1.165, 1.54) is 0 Å². The van der Waals surface area contributed by atoms with E-state index in [2.05, 4.69) is 24.1 Å². The van der Waals surface area contributed by atoms with E-state index in [4.69, 9.17) is 11.6 Å². The van der Waals surface area contributed by atoms with E-state index in [0.717, 1.165) is 44.6 Å². The van der Waals surface area contributed by atoms with E-state index in [1.807, 2.05) is 6.07 Å². The highest BCUT2D eigenvalue weighted by Crippen LogP contribution is 2.29. The Bertz CT molecular complexity index is 437. The van der Waals surface area contributed by atoms with Crippen LogP contribution in [0.3, 0.4) is 0 Å². The maximum atomic E-state index is 13.7. The molecule has 0 aliphatic carbocycles. The number of nitrogens with zero attached hydrogens (tertiary/aromatic N) is 1. The van der Waals surface area contributed by atoms with Crippen molar-refractivity contribution in [3.63, 3.8) is 0 Å². The van der Waals surface area contributed by atoms with Crippen LogP contribution < -0.4 is 5.32 Å². The smallest absolute Gasteiger partial charge is 0.142 e. The van der Waals surface area contributed by atoms with Gasteiger partial charge in [0.15, 0.2) is 0 Å². The van der Waals surface area contributed by atoms with Crippen LogP contribution >= 0.6 is 36.4 Å². The van der Waals surface area contributed by atoms with E-state index < -0.39 is 0 Å². The van der Waals surface area contributed by atoms with Gasteiger partial charge in [-0.1, -0.05) is 31.5 Å². The summed E-state index contributed by atoms with van der Waals surface area (Å²) in [5.74, 6) is 0.353. The lowest BCUT2D eigenvalue weighted by molar-refractivity contribution is 0.159. The van der Waals surface area contributed by atoms with Crippen molar-refractivity contribution in [1.82, 2.24) is 10.2 Å². The Hall–Kier alpha value is -0.0600. The molecule has 1 aromatic rings. The van der Waals surface area contributed by atoms with Gasteiger partial charge in [-0.3, -0.25) is 4.90 Å². The number of hydrogen-bond donors (Lipinski definition) is 1. The molecule has 1 aliphatic rings. The first kappa shape index (κ1) is 21.9. The van der Waals surface area contributed by atoms with Crippen molar-refractivity contribution in [2.45, 2.75) is 32.7 Å². The highest BCUT2D eigenvalue weighted by Gasteiger charge is 2.22. The third kappa shape index (κ3) is 6.21. The summed E-state index contributed by atoms with van der Waals surface area (Å²) in [5, 5.41) is 3.57. The number of rotatable bonds is 5. The van der Waals surface area contributed by atoms with Crippen LogP contribution in [0, 0.1) is 11.7 Å². The van der Waals surface area contributed by atoms with Crippen LogP contribution in [0.4, 0.5) is 4.39 Å². The van der Waals surface area contributed by atoms with Crippen molar-refractivity contribution in [1.29, 1.82) is 0 Å². The van der Waals surface area contributed by atoms with Crippen molar-refractivity contribution in [3.05, 3.63) is 34.6 Å². The Morgan fingerprint density at radius 1 is 1.18 bits per heavy atom. The number of piperazine rings is 1. The van der Waals surface area contributed by atoms with E-state index in [-0.39, 0.29) is 35.7 Å². The van der Waals surface area contributed by atoms with Crippen LogP contribution in [0.25, 0.3) is 0 Å². The first-order chi connectivity index (χ1) is 9.58. The number of benzene rings is 1. The van der Waals surface area contributed by atoms with Crippen LogP contribution in [-0.2, 0) is 0 Å². The fraction of sp³-hybridized carbons (Fsp3) is 0.625. The molecular weight excluding hydrogens is 346 g/mol. The summed E-state index contributed by atoms with van der Waals surface area (Å²) in [6.07, 6.45) is 2.22. The lowest BCUT2D eigenvalue weighted by atomic mass is 9.95. The monoisotopic (exact) mass is 370 g/mol. The molecule has 0 spiro atoms. The van der Waals surface area contributed by atoms with Crippen LogP contribution in [0.2, 0.25) is 5.02 Å². The highest BCUT2D eigenvalue weighted by atomic mass is 35.5. The molecule has 1 saturated heterocycles. The molecular formula is C16H26Cl3FN2. The average Bonchev–Trinajstić information content (AvgIpc) is 2.44. The molecule has 1 atom stereocenters. The molecule has 0 amide bonds. The average molecular weight is 372 g/mol. The summed E-state index contributed by atoms with van der Waals surface area (Å²) in [5.41, 5.74) is 1.05. The van der Waals surface area contributed by atoms with Crippen LogP contribution in [-0.4, -0.2) is 31.1 Å². The predicted molar refractivity (Wildman–Crippen MR) is 97.2 cm³/mol. The summed E-state index contributed by atoms with van der Waals surface area (Å²) >= 11 is 5.80. The van der Waals surface area contributed by atoms with Crippen molar-refractivity contribution >= 4 is 36.4 Å². The first-order valence-electron chi connectivity index (χ1n) is 7.47. The molecule has 128 valence electrons. The van der Waals surface area contributed by atoms with Gasteiger partial charge in [0.25, 0.3) is 0 Å². The van der Waals surface area contributed by atoms with Gasteiger partial charge in [0.2, 0.25) is 0 Å². The minimum Gasteiger partial charge on any atom is -0.314 e. The molecule has 0 radical (unpaired) electrons. The minimum atomic E-state index is -0.311. The molecule has 6 heteroatoms. The molecule has 1 fully saturated rings. The quantitative estimate of drug-likeness (QED) is 0.806. The Kier molecular flexibility index (Phi) is 10.6. The fourth-order valence-electron chi connectivity index (χ4n) is 2.76. The minimum absolute atomic E-state index is 0. The van der Waals surface area contributed by atoms with Gasteiger partial charge in [-0.15, -0.1) is 24.8 Å². The fourth-order valence-corrected chi connectivity index (χ4v) is 2.88. The zero-order valence-corrected chi connectivity index (χ0v) is 15.5. The highest BCUT2D eigenvalue weighted by molar-refractivity contribution is 6.30. The van der Waals surface area contributed by atoms with Gasteiger partial charge >= 0.3 is 0 Å². The Labute approximate surface area is 150 Å². The van der Waals surface area contributed by atoms with Gasteiger partial charge in [0.1, 0.15) is 5.82 Å². The Morgan fingerprint density at radius 3 is 2.36 bits per heavy atom. The molecule has 1 aromatic carbocycles. The van der Waals surface area contributed by atoms with E-state index >= 15 is 0 Å². The van der Waals surface area contributed by atoms with Crippen molar-refractivity contribution in [2.24, 2.45) is 5.92 Å². The maximum absolute atomic E-state index is 13.7. The second-order valence-corrected chi connectivity index (χ2v) is 6.35. The van der Waals surface area contributed by atoms with E-state index in [0.29, 0.717) is 12.0 Å². The molecule has 0 bridgehead atoms. The second-order valence-electron chi connectivity index (χ2n) is 5.95. The van der Waals surface area contributed by atoms with Crippen molar-refractivity contribution in [3.8, 4) is 0 Å².